The summed E-state index contributed by atoms with van der Waals surface area (Å²) in [5.74, 6) is 1.08. The predicted molar refractivity (Wildman–Crippen MR) is 91.9 cm³/mol. The molecule has 2 aromatic rings. The first-order valence-electron chi connectivity index (χ1n) is 7.66. The summed E-state index contributed by atoms with van der Waals surface area (Å²) in [7, 11) is 0. The van der Waals surface area contributed by atoms with Crippen LogP contribution in [-0.2, 0) is 0 Å². The molecule has 2 rings (SSSR count). The summed E-state index contributed by atoms with van der Waals surface area (Å²) < 4.78 is 11.0. The van der Waals surface area contributed by atoms with E-state index in [4.69, 9.17) is 9.47 Å². The highest BCUT2D eigenvalue weighted by Gasteiger charge is 2.06. The van der Waals surface area contributed by atoms with Crippen LogP contribution in [0.2, 0.25) is 0 Å². The van der Waals surface area contributed by atoms with Gasteiger partial charge in [0.05, 0.1) is 19.4 Å². The van der Waals surface area contributed by atoms with E-state index in [0.717, 1.165) is 5.56 Å². The molecule has 0 bridgehead atoms. The van der Waals surface area contributed by atoms with Crippen LogP contribution in [0, 0.1) is 0 Å². The SMILES string of the molecule is CCOc1ccc(/C=N\NC(=O)c2ccc(O)cc2)c(OCC)c1. The summed E-state index contributed by atoms with van der Waals surface area (Å²) in [6.07, 6.45) is 1.51. The average molecular weight is 328 g/mol. The standard InChI is InChI=1S/C18H20N2O4/c1-3-23-16-10-7-14(17(11-16)24-4-2)12-19-20-18(22)13-5-8-15(21)9-6-13/h5-12,21H,3-4H2,1-2H3,(H,20,22)/b19-12-. The van der Waals surface area contributed by atoms with Crippen LogP contribution in [0.15, 0.2) is 47.6 Å². The molecule has 0 unspecified atom stereocenters. The monoisotopic (exact) mass is 328 g/mol. The van der Waals surface area contributed by atoms with Gasteiger partial charge in [-0.3, -0.25) is 4.79 Å². The van der Waals surface area contributed by atoms with Crippen LogP contribution in [0.5, 0.6) is 17.2 Å². The Kier molecular flexibility index (Phi) is 6.19. The van der Waals surface area contributed by atoms with Gasteiger partial charge >= 0.3 is 0 Å². The fraction of sp³-hybridized carbons (Fsp3) is 0.222. The Balaban J connectivity index is 2.07. The second kappa shape index (κ2) is 8.57. The lowest BCUT2D eigenvalue weighted by Crippen LogP contribution is -2.17. The number of aromatic hydroxyl groups is 1. The lowest BCUT2D eigenvalue weighted by atomic mass is 10.2. The van der Waals surface area contributed by atoms with Crippen molar-refractivity contribution in [3.63, 3.8) is 0 Å². The number of carbonyl (C=O) groups excluding carboxylic acids is 1. The van der Waals surface area contributed by atoms with E-state index in [0.29, 0.717) is 30.3 Å². The van der Waals surface area contributed by atoms with Crippen molar-refractivity contribution < 1.29 is 19.4 Å². The van der Waals surface area contributed by atoms with Crippen LogP contribution >= 0.6 is 0 Å². The Labute approximate surface area is 140 Å². The highest BCUT2D eigenvalue weighted by molar-refractivity contribution is 5.95. The molecule has 126 valence electrons. The molecule has 0 spiro atoms. The van der Waals surface area contributed by atoms with Crippen molar-refractivity contribution >= 4 is 12.1 Å². The number of nitrogens with zero attached hydrogens (tertiary/aromatic N) is 1. The smallest absolute Gasteiger partial charge is 0.271 e. The molecule has 2 aromatic carbocycles. The Morgan fingerprint density at radius 2 is 1.83 bits per heavy atom. The minimum absolute atomic E-state index is 0.103. The van der Waals surface area contributed by atoms with Crippen LogP contribution in [0.3, 0.4) is 0 Å². The Morgan fingerprint density at radius 1 is 1.12 bits per heavy atom. The van der Waals surface area contributed by atoms with Gasteiger partial charge in [0.15, 0.2) is 0 Å². The maximum absolute atomic E-state index is 11.9. The number of amides is 1. The van der Waals surface area contributed by atoms with E-state index < -0.39 is 0 Å². The lowest BCUT2D eigenvalue weighted by molar-refractivity contribution is 0.0955. The predicted octanol–water partition coefficient (Wildman–Crippen LogP) is 2.95. The quantitative estimate of drug-likeness (QED) is 0.605. The summed E-state index contributed by atoms with van der Waals surface area (Å²) >= 11 is 0. The maximum Gasteiger partial charge on any atom is 0.271 e. The molecule has 0 fully saturated rings. The molecule has 6 nitrogen and oxygen atoms in total. The summed E-state index contributed by atoms with van der Waals surface area (Å²) in [6, 6.07) is 11.3. The van der Waals surface area contributed by atoms with Gasteiger partial charge in [-0.2, -0.15) is 5.10 Å². The second-order valence-corrected chi connectivity index (χ2v) is 4.81. The summed E-state index contributed by atoms with van der Waals surface area (Å²) in [4.78, 5) is 11.9. The number of ether oxygens (including phenoxy) is 2. The zero-order valence-electron chi connectivity index (χ0n) is 13.7. The van der Waals surface area contributed by atoms with Crippen LogP contribution in [0.25, 0.3) is 0 Å². The summed E-state index contributed by atoms with van der Waals surface area (Å²) in [6.45, 7) is 4.88. The minimum Gasteiger partial charge on any atom is -0.508 e. The van der Waals surface area contributed by atoms with Gasteiger partial charge in [-0.15, -0.1) is 0 Å². The van der Waals surface area contributed by atoms with E-state index >= 15 is 0 Å². The number of hydrazone groups is 1. The van der Waals surface area contributed by atoms with Crippen molar-refractivity contribution in [2.75, 3.05) is 13.2 Å². The third kappa shape index (κ3) is 4.74. The van der Waals surface area contributed by atoms with E-state index in [1.807, 2.05) is 26.0 Å². The van der Waals surface area contributed by atoms with Crippen molar-refractivity contribution in [1.29, 1.82) is 0 Å². The zero-order valence-corrected chi connectivity index (χ0v) is 13.7. The first kappa shape index (κ1) is 17.3. The van der Waals surface area contributed by atoms with E-state index in [1.165, 1.54) is 30.5 Å². The Bertz CT molecular complexity index is 711. The van der Waals surface area contributed by atoms with Gasteiger partial charge in [0.2, 0.25) is 0 Å². The topological polar surface area (TPSA) is 80.2 Å². The molecule has 0 aliphatic carbocycles. The third-order valence-electron chi connectivity index (χ3n) is 3.10. The molecule has 24 heavy (non-hydrogen) atoms. The fourth-order valence-electron chi connectivity index (χ4n) is 2.00. The van der Waals surface area contributed by atoms with Gasteiger partial charge in [-0.25, -0.2) is 5.43 Å². The lowest BCUT2D eigenvalue weighted by Gasteiger charge is -2.10. The van der Waals surface area contributed by atoms with Crippen molar-refractivity contribution in [2.24, 2.45) is 5.10 Å². The molecule has 0 heterocycles. The van der Waals surface area contributed by atoms with Gasteiger partial charge in [0.25, 0.3) is 5.91 Å². The number of hydrogen-bond donors (Lipinski definition) is 2. The molecule has 0 atom stereocenters. The first-order valence-corrected chi connectivity index (χ1v) is 7.66. The third-order valence-corrected chi connectivity index (χ3v) is 3.10. The number of rotatable bonds is 7. The van der Waals surface area contributed by atoms with Crippen molar-refractivity contribution in [3.8, 4) is 17.2 Å². The largest absolute Gasteiger partial charge is 0.508 e. The van der Waals surface area contributed by atoms with Crippen LogP contribution in [0.4, 0.5) is 0 Å². The van der Waals surface area contributed by atoms with Crippen molar-refractivity contribution in [1.82, 2.24) is 5.43 Å². The molecule has 0 radical (unpaired) electrons. The van der Waals surface area contributed by atoms with Gasteiger partial charge in [0.1, 0.15) is 17.2 Å². The number of nitrogens with one attached hydrogen (secondary N) is 1. The molecule has 6 heteroatoms. The number of phenolic OH excluding ortho intramolecular Hbond substituents is 1. The summed E-state index contributed by atoms with van der Waals surface area (Å²) in [5, 5.41) is 13.2. The molecule has 0 aromatic heterocycles. The highest BCUT2D eigenvalue weighted by Crippen LogP contribution is 2.24. The van der Waals surface area contributed by atoms with E-state index in [2.05, 4.69) is 10.5 Å². The number of hydrogen-bond acceptors (Lipinski definition) is 5. The fourth-order valence-corrected chi connectivity index (χ4v) is 2.00. The van der Waals surface area contributed by atoms with Gasteiger partial charge in [0, 0.05) is 17.2 Å². The number of phenols is 1. The molecular weight excluding hydrogens is 308 g/mol. The zero-order chi connectivity index (χ0) is 17.4. The van der Waals surface area contributed by atoms with E-state index in [-0.39, 0.29) is 11.7 Å². The molecule has 0 saturated heterocycles. The van der Waals surface area contributed by atoms with Gasteiger partial charge in [-0.1, -0.05) is 0 Å². The maximum atomic E-state index is 11.9. The second-order valence-electron chi connectivity index (χ2n) is 4.81. The normalized spacial score (nSPS) is 10.6. The molecule has 1 amide bonds. The Morgan fingerprint density at radius 3 is 2.50 bits per heavy atom. The first-order chi connectivity index (χ1) is 11.6. The van der Waals surface area contributed by atoms with Crippen molar-refractivity contribution in [3.05, 3.63) is 53.6 Å². The van der Waals surface area contributed by atoms with Crippen LogP contribution < -0.4 is 14.9 Å². The van der Waals surface area contributed by atoms with E-state index in [9.17, 15) is 9.90 Å². The van der Waals surface area contributed by atoms with Gasteiger partial charge < -0.3 is 14.6 Å². The molecule has 0 saturated carbocycles. The van der Waals surface area contributed by atoms with Crippen LogP contribution in [-0.4, -0.2) is 30.4 Å². The van der Waals surface area contributed by atoms with Crippen LogP contribution in [0.1, 0.15) is 29.8 Å². The number of benzene rings is 2. The average Bonchev–Trinajstić information content (AvgIpc) is 2.58. The van der Waals surface area contributed by atoms with Gasteiger partial charge in [-0.05, 0) is 50.2 Å². The number of carbonyl (C=O) groups is 1. The molecule has 2 N–H and O–H groups in total. The molecular formula is C18H20N2O4. The summed E-state index contributed by atoms with van der Waals surface area (Å²) in [5.41, 5.74) is 3.57. The Hall–Kier alpha value is -3.02. The molecule has 0 aliphatic heterocycles. The van der Waals surface area contributed by atoms with Crippen molar-refractivity contribution in [2.45, 2.75) is 13.8 Å². The minimum atomic E-state index is -0.366. The highest BCUT2D eigenvalue weighted by atomic mass is 16.5. The molecule has 0 aliphatic rings. The van der Waals surface area contributed by atoms with E-state index in [1.54, 1.807) is 6.07 Å².